The van der Waals surface area contributed by atoms with Crippen LogP contribution < -0.4 is 5.32 Å². The van der Waals surface area contributed by atoms with Gasteiger partial charge in [0, 0.05) is 32.3 Å². The van der Waals surface area contributed by atoms with E-state index in [1.807, 2.05) is 0 Å². The van der Waals surface area contributed by atoms with Crippen LogP contribution in [-0.4, -0.2) is 55.6 Å². The molecule has 0 bridgehead atoms. The first kappa shape index (κ1) is 19.9. The number of anilines is 1. The molecular weight excluding hydrogens is 314 g/mol. The van der Waals surface area contributed by atoms with Gasteiger partial charge in [-0.25, -0.2) is 4.98 Å². The molecule has 1 aromatic rings. The van der Waals surface area contributed by atoms with Crippen LogP contribution in [0.25, 0.3) is 0 Å². The molecule has 0 radical (unpaired) electrons. The molecule has 25 heavy (non-hydrogen) atoms. The summed E-state index contributed by atoms with van der Waals surface area (Å²) in [4.78, 5) is 18.3. The first-order valence-electron chi connectivity index (χ1n) is 9.62. The molecule has 5 nitrogen and oxygen atoms in total. The lowest BCUT2D eigenvalue weighted by Crippen LogP contribution is -2.30. The minimum atomic E-state index is 0.277. The Morgan fingerprint density at radius 1 is 1.24 bits per heavy atom. The van der Waals surface area contributed by atoms with E-state index in [9.17, 15) is 4.79 Å². The van der Waals surface area contributed by atoms with Crippen molar-refractivity contribution < 1.29 is 9.53 Å². The highest BCUT2D eigenvalue weighted by molar-refractivity contribution is 5.75. The number of nitrogens with one attached hydrogen (secondary N) is 1. The minimum Gasteiger partial charge on any atom is -0.383 e. The summed E-state index contributed by atoms with van der Waals surface area (Å²) >= 11 is 0. The highest BCUT2D eigenvalue weighted by Gasteiger charge is 2.10. The van der Waals surface area contributed by atoms with Crippen molar-refractivity contribution in [3.63, 3.8) is 0 Å². The molecule has 1 aliphatic rings. The Labute approximate surface area is 152 Å². The van der Waals surface area contributed by atoms with Crippen LogP contribution in [0.4, 0.5) is 5.82 Å². The number of pyridine rings is 1. The number of unbranched alkanes of at least 4 members (excludes halogenated alkanes) is 1. The van der Waals surface area contributed by atoms with Crippen LogP contribution in [0.3, 0.4) is 0 Å². The van der Waals surface area contributed by atoms with E-state index in [-0.39, 0.29) is 5.78 Å². The predicted molar refractivity (Wildman–Crippen MR) is 102 cm³/mol. The molecule has 0 saturated heterocycles. The first-order chi connectivity index (χ1) is 12.2. The van der Waals surface area contributed by atoms with Gasteiger partial charge in [0.25, 0.3) is 0 Å². The fraction of sp³-hybridized carbons (Fsp3) is 0.700. The number of carbonyl (C=O) groups is 1. The third-order valence-corrected chi connectivity index (χ3v) is 4.72. The molecular formula is C20H33N3O2. The molecule has 0 spiro atoms. The van der Waals surface area contributed by atoms with Gasteiger partial charge in [0.05, 0.1) is 6.61 Å². The minimum absolute atomic E-state index is 0.277. The molecule has 1 aliphatic heterocycles. The molecule has 1 aromatic heterocycles. The third-order valence-electron chi connectivity index (χ3n) is 4.72. The molecule has 2 rings (SSSR count). The van der Waals surface area contributed by atoms with Crippen molar-refractivity contribution in [3.05, 3.63) is 23.4 Å². The Morgan fingerprint density at radius 3 is 2.88 bits per heavy atom. The van der Waals surface area contributed by atoms with Crippen LogP contribution in [0, 0.1) is 0 Å². The van der Waals surface area contributed by atoms with E-state index in [2.05, 4.69) is 22.3 Å². The van der Waals surface area contributed by atoms with Crippen LogP contribution >= 0.6 is 0 Å². The smallest absolute Gasteiger partial charge is 0.129 e. The van der Waals surface area contributed by atoms with Gasteiger partial charge in [-0.15, -0.1) is 0 Å². The number of hydrogen-bond acceptors (Lipinski definition) is 5. The number of ketones is 1. The fourth-order valence-corrected chi connectivity index (χ4v) is 3.26. The van der Waals surface area contributed by atoms with E-state index in [0.717, 1.165) is 70.7 Å². The van der Waals surface area contributed by atoms with Crippen LogP contribution in [0.5, 0.6) is 0 Å². The van der Waals surface area contributed by atoms with E-state index in [1.54, 1.807) is 14.0 Å². The van der Waals surface area contributed by atoms with Gasteiger partial charge in [-0.3, -0.25) is 0 Å². The average molecular weight is 348 g/mol. The van der Waals surface area contributed by atoms with Gasteiger partial charge in [0.15, 0.2) is 0 Å². The Balaban J connectivity index is 1.70. The summed E-state index contributed by atoms with van der Waals surface area (Å²) in [6.07, 6.45) is 7.28. The number of aromatic nitrogens is 1. The van der Waals surface area contributed by atoms with Gasteiger partial charge in [-0.2, -0.15) is 0 Å². The number of Topliss-reactive ketones (excluding diaryl/α,β-unsaturated/α-hetero) is 1. The Kier molecular flexibility index (Phi) is 8.91. The number of carbonyl (C=O) groups excluding carboxylic acids is 1. The number of rotatable bonds is 12. The maximum atomic E-state index is 11.1. The van der Waals surface area contributed by atoms with Gasteiger partial charge in [-0.1, -0.05) is 6.07 Å². The summed E-state index contributed by atoms with van der Waals surface area (Å²) in [6.45, 7) is 6.43. The van der Waals surface area contributed by atoms with Crippen molar-refractivity contribution >= 4 is 11.6 Å². The average Bonchev–Trinajstić information content (AvgIpc) is 2.62. The first-order valence-corrected chi connectivity index (χ1v) is 9.62. The van der Waals surface area contributed by atoms with Gasteiger partial charge >= 0.3 is 0 Å². The lowest BCUT2D eigenvalue weighted by Gasteiger charge is -2.21. The van der Waals surface area contributed by atoms with E-state index >= 15 is 0 Å². The second kappa shape index (κ2) is 11.2. The summed E-state index contributed by atoms with van der Waals surface area (Å²) in [5.74, 6) is 1.37. The van der Waals surface area contributed by atoms with E-state index < -0.39 is 0 Å². The zero-order valence-electron chi connectivity index (χ0n) is 15.9. The third kappa shape index (κ3) is 7.53. The second-order valence-electron chi connectivity index (χ2n) is 6.94. The molecule has 1 N–H and O–H groups in total. The van der Waals surface area contributed by atoms with Gasteiger partial charge in [0.2, 0.25) is 0 Å². The van der Waals surface area contributed by atoms with Crippen molar-refractivity contribution in [1.29, 1.82) is 0 Å². The summed E-state index contributed by atoms with van der Waals surface area (Å²) in [7, 11) is 1.74. The van der Waals surface area contributed by atoms with Gasteiger partial charge < -0.3 is 19.7 Å². The molecule has 5 heteroatoms. The molecule has 0 saturated carbocycles. The number of nitrogens with zero attached hydrogens (tertiary/aromatic N) is 2. The Morgan fingerprint density at radius 2 is 2.08 bits per heavy atom. The fourth-order valence-electron chi connectivity index (χ4n) is 3.26. The van der Waals surface area contributed by atoms with Crippen molar-refractivity contribution in [1.82, 2.24) is 9.88 Å². The summed E-state index contributed by atoms with van der Waals surface area (Å²) < 4.78 is 5.20. The lowest BCUT2D eigenvalue weighted by molar-refractivity contribution is -0.117. The van der Waals surface area contributed by atoms with Crippen molar-refractivity contribution in [2.75, 3.05) is 45.2 Å². The summed E-state index contributed by atoms with van der Waals surface area (Å²) in [5.41, 5.74) is 2.54. The van der Waals surface area contributed by atoms with Crippen LogP contribution in [0.2, 0.25) is 0 Å². The van der Waals surface area contributed by atoms with E-state index in [0.29, 0.717) is 6.42 Å². The van der Waals surface area contributed by atoms with E-state index in [4.69, 9.17) is 9.72 Å². The zero-order chi connectivity index (χ0) is 17.9. The van der Waals surface area contributed by atoms with Crippen molar-refractivity contribution in [2.45, 2.75) is 51.9 Å². The predicted octanol–water partition coefficient (Wildman–Crippen LogP) is 3.08. The van der Waals surface area contributed by atoms with Crippen LogP contribution in [0.1, 0.15) is 50.3 Å². The zero-order valence-corrected chi connectivity index (χ0v) is 15.9. The SMILES string of the molecule is COCCN(CCCCc1ccc2c(n1)NCCC2)CCCC(C)=O. The molecule has 140 valence electrons. The summed E-state index contributed by atoms with van der Waals surface area (Å²) in [6, 6.07) is 4.41. The number of ether oxygens (including phenoxy) is 1. The molecule has 0 aliphatic carbocycles. The van der Waals surface area contributed by atoms with Crippen molar-refractivity contribution in [2.24, 2.45) is 0 Å². The Hall–Kier alpha value is -1.46. The second-order valence-corrected chi connectivity index (χ2v) is 6.94. The molecule has 2 heterocycles. The molecule has 0 atom stereocenters. The molecule has 0 amide bonds. The number of hydrogen-bond donors (Lipinski definition) is 1. The van der Waals surface area contributed by atoms with E-state index in [1.165, 1.54) is 17.7 Å². The highest BCUT2D eigenvalue weighted by Crippen LogP contribution is 2.20. The maximum absolute atomic E-state index is 11.1. The van der Waals surface area contributed by atoms with Gasteiger partial charge in [-0.05, 0) is 70.2 Å². The topological polar surface area (TPSA) is 54.5 Å². The quantitative estimate of drug-likeness (QED) is 0.589. The van der Waals surface area contributed by atoms with Crippen molar-refractivity contribution in [3.8, 4) is 0 Å². The molecule has 0 fully saturated rings. The van der Waals surface area contributed by atoms with Crippen LogP contribution in [0.15, 0.2) is 12.1 Å². The number of methoxy groups -OCH3 is 1. The highest BCUT2D eigenvalue weighted by atomic mass is 16.5. The maximum Gasteiger partial charge on any atom is 0.129 e. The normalized spacial score (nSPS) is 13.6. The van der Waals surface area contributed by atoms with Gasteiger partial charge in [0.1, 0.15) is 11.6 Å². The van der Waals surface area contributed by atoms with Crippen LogP contribution in [-0.2, 0) is 22.4 Å². The number of aryl methyl sites for hydroxylation is 2. The molecule has 0 aromatic carbocycles. The monoisotopic (exact) mass is 347 g/mol. The lowest BCUT2D eigenvalue weighted by atomic mass is 10.1. The molecule has 0 unspecified atom stereocenters. The Bertz CT molecular complexity index is 534. The largest absolute Gasteiger partial charge is 0.383 e. The standard InChI is InChI=1S/C20H33N3O2/c1-17(24)7-6-14-23(15-16-25-2)13-4-3-9-19-11-10-18-8-5-12-21-20(18)22-19/h10-11H,3-9,12-16H2,1-2H3,(H,21,22). The number of fused-ring (bicyclic) bond motifs is 1. The summed E-state index contributed by atoms with van der Waals surface area (Å²) in [5, 5.41) is 3.41.